The van der Waals surface area contributed by atoms with Crippen molar-refractivity contribution in [2.24, 2.45) is 16.8 Å². The molecule has 1 aliphatic rings. The number of carbonyl (C=O) groups excluding carboxylic acids is 5. The number of methoxy groups -OCH3 is 3. The van der Waals surface area contributed by atoms with Gasteiger partial charge in [0.15, 0.2) is 11.6 Å². The zero-order chi connectivity index (χ0) is 60.1. The molecule has 4 rings (SSSR count). The Hall–Kier alpha value is -5.46. The van der Waals surface area contributed by atoms with Crippen molar-refractivity contribution in [3.8, 4) is 11.5 Å². The molecule has 1 fully saturated rings. The number of aryl methyl sites for hydroxylation is 3. The van der Waals surface area contributed by atoms with Crippen molar-refractivity contribution in [3.63, 3.8) is 0 Å². The van der Waals surface area contributed by atoms with E-state index in [0.29, 0.717) is 16.9 Å². The summed E-state index contributed by atoms with van der Waals surface area (Å²) in [6, 6.07) is 20.3. The van der Waals surface area contributed by atoms with E-state index in [1.807, 2.05) is 52.9 Å². The van der Waals surface area contributed by atoms with Gasteiger partial charge in [0.05, 0.1) is 14.2 Å². The van der Waals surface area contributed by atoms with Crippen molar-refractivity contribution >= 4 is 34.9 Å². The lowest BCUT2D eigenvalue weighted by Gasteiger charge is -2.22. The maximum atomic E-state index is 10.8. The number of benzene rings is 3. The minimum atomic E-state index is -0.245. The molecule has 3 aromatic carbocycles. The smallest absolute Gasteiger partial charge is 0.302 e. The molecule has 0 aliphatic heterocycles. The summed E-state index contributed by atoms with van der Waals surface area (Å²) < 4.78 is 13.3. The van der Waals surface area contributed by atoms with Gasteiger partial charge >= 0.3 is 5.97 Å². The number of allylic oxidation sites excluding steroid dienone is 2. The monoisotopic (exact) mass is 1040 g/mol. The number of rotatable bonds is 3. The first-order chi connectivity index (χ1) is 34.0. The van der Waals surface area contributed by atoms with Crippen LogP contribution in [0.25, 0.3) is 0 Å². The predicted molar refractivity (Wildman–Crippen MR) is 320 cm³/mol. The van der Waals surface area contributed by atoms with Crippen LogP contribution in [0.5, 0.6) is 11.5 Å². The van der Waals surface area contributed by atoms with Gasteiger partial charge in [-0.15, -0.1) is 0 Å². The normalized spacial score (nSPS) is 11.6. The number of phenolic OH excluding ortho intramolecular Hbond substituents is 1. The first kappa shape index (κ1) is 85.3. The van der Waals surface area contributed by atoms with Gasteiger partial charge in [-0.05, 0) is 141 Å². The fraction of sp³-hybridized carbons (Fsp3) is 0.581. The second-order valence-electron chi connectivity index (χ2n) is 19.1. The van der Waals surface area contributed by atoms with E-state index in [9.17, 15) is 24.0 Å². The standard InChI is InChI=1S/C10H10O2.C8H10O2.C8H16.C8H10.C6H12.C4H9NO.C4H9N.C3H9N.C3H6O2.C3H6O.C3H8.C2H6O/c1-7(11)9-3-5-10(6-4-9)8(2)12;1-6-3-7(9)5-8(4-6)10-2;2*1-7-3-5-8(2)6-4-7;1-5(2)6(3)4;1-4(6)5(2)3;1-4(2)5-3;1-4(2)3;1-3(4)5-2;1-3(2)4;2*1-3-2/h3-6H,1-2H3;3-5,9H,1-2H3;7-8H,3-6H2,1-2H3;3-6H,1-2H3;1-4H3;1-3H3;1-3H3;1-3H3;1-2H3;1-2H3;3H2,1-2H3;1-2H3. The molecule has 0 atom stereocenters. The highest BCUT2D eigenvalue weighted by molar-refractivity contribution is 5.97. The number of hydrogen-bond donors (Lipinski definition) is 1. The Bertz CT molecular complexity index is 1760. The van der Waals surface area contributed by atoms with Crippen LogP contribution >= 0.6 is 0 Å². The first-order valence-electron chi connectivity index (χ1n) is 25.2. The van der Waals surface area contributed by atoms with Gasteiger partial charge in [-0.1, -0.05) is 131 Å². The molecule has 74 heavy (non-hydrogen) atoms. The fourth-order valence-corrected chi connectivity index (χ4v) is 3.85. The molecule has 0 aromatic heterocycles. The van der Waals surface area contributed by atoms with Gasteiger partial charge in [-0.3, -0.25) is 24.2 Å². The quantitative estimate of drug-likeness (QED) is 0.116. The Balaban J connectivity index is -0.000000110. The molecule has 0 saturated heterocycles. The maximum Gasteiger partial charge on any atom is 0.302 e. The summed E-state index contributed by atoms with van der Waals surface area (Å²) in [6.07, 6.45) is 7.14. The Morgan fingerprint density at radius 1 is 0.568 bits per heavy atom. The Morgan fingerprint density at radius 2 is 0.811 bits per heavy atom. The number of esters is 1. The Morgan fingerprint density at radius 3 is 0.959 bits per heavy atom. The average Bonchev–Trinajstić information content (AvgIpc) is 3.29. The minimum Gasteiger partial charge on any atom is -0.508 e. The minimum absolute atomic E-state index is 0.0186. The Kier molecular flexibility index (Phi) is 67.4. The van der Waals surface area contributed by atoms with E-state index in [0.717, 1.165) is 23.1 Å². The molecule has 0 spiro atoms. The van der Waals surface area contributed by atoms with Crippen LogP contribution in [0.4, 0.5) is 0 Å². The van der Waals surface area contributed by atoms with Crippen LogP contribution in [0.3, 0.4) is 0 Å². The third kappa shape index (κ3) is 83.4. The summed E-state index contributed by atoms with van der Waals surface area (Å²) in [5, 5.41) is 9.04. The van der Waals surface area contributed by atoms with E-state index in [2.05, 4.69) is 108 Å². The predicted octanol–water partition coefficient (Wildman–Crippen LogP) is 15.1. The average molecular weight is 1040 g/mol. The lowest BCUT2D eigenvalue weighted by molar-refractivity contribution is -0.138. The molecule has 12 nitrogen and oxygen atoms in total. The van der Waals surface area contributed by atoms with E-state index in [4.69, 9.17) is 9.84 Å². The van der Waals surface area contributed by atoms with Crippen molar-refractivity contribution in [2.45, 2.75) is 164 Å². The molecule has 1 saturated carbocycles. The number of ether oxygens (including phenoxy) is 3. The van der Waals surface area contributed by atoms with E-state index in [1.165, 1.54) is 108 Å². The number of hydrogen-bond acceptors (Lipinski definition) is 11. The number of phenols is 1. The van der Waals surface area contributed by atoms with Gasteiger partial charge in [0.25, 0.3) is 0 Å². The Labute approximate surface area is 454 Å². The summed E-state index contributed by atoms with van der Waals surface area (Å²) in [4.78, 5) is 58.1. The van der Waals surface area contributed by atoms with Crippen LogP contribution in [0.2, 0.25) is 0 Å². The number of carbonyl (C=O) groups is 5. The van der Waals surface area contributed by atoms with Crippen LogP contribution in [-0.4, -0.2) is 121 Å². The number of aliphatic imine (C=N–C) groups is 1. The molecule has 3 aromatic rings. The molecule has 0 bridgehead atoms. The number of aromatic hydroxyl groups is 1. The molecule has 428 valence electrons. The molecule has 1 amide bonds. The summed E-state index contributed by atoms with van der Waals surface area (Å²) in [7, 11) is 17.4. The zero-order valence-corrected chi connectivity index (χ0v) is 52.6. The van der Waals surface area contributed by atoms with Crippen molar-refractivity contribution in [2.75, 3.05) is 70.7 Å². The van der Waals surface area contributed by atoms with Gasteiger partial charge in [0, 0.05) is 72.1 Å². The lowest BCUT2D eigenvalue weighted by Crippen LogP contribution is -2.17. The molecular weight excluding hydrogens is 931 g/mol. The largest absolute Gasteiger partial charge is 0.508 e. The maximum absolute atomic E-state index is 10.8. The third-order valence-corrected chi connectivity index (χ3v) is 8.86. The van der Waals surface area contributed by atoms with Crippen LogP contribution in [0.15, 0.2) is 82.9 Å². The van der Waals surface area contributed by atoms with Crippen molar-refractivity contribution in [1.82, 2.24) is 9.80 Å². The van der Waals surface area contributed by atoms with Crippen LogP contribution in [-0.2, 0) is 23.9 Å². The molecular formula is C62H111N3O9. The number of amides is 1. The summed E-state index contributed by atoms with van der Waals surface area (Å²) >= 11 is 0. The van der Waals surface area contributed by atoms with Gasteiger partial charge in [0.2, 0.25) is 5.91 Å². The topological polar surface area (TPSA) is 152 Å². The molecule has 12 heteroatoms. The van der Waals surface area contributed by atoms with E-state index < -0.39 is 0 Å². The highest BCUT2D eigenvalue weighted by Crippen LogP contribution is 2.27. The highest BCUT2D eigenvalue weighted by atomic mass is 16.5. The third-order valence-electron chi connectivity index (χ3n) is 8.86. The van der Waals surface area contributed by atoms with Crippen LogP contribution in [0.1, 0.15) is 180 Å². The molecule has 0 unspecified atom stereocenters. The number of Topliss-reactive ketones (excluding diaryl/α,β-unsaturated/α-hetero) is 3. The van der Waals surface area contributed by atoms with Gasteiger partial charge in [-0.25, -0.2) is 0 Å². The lowest BCUT2D eigenvalue weighted by atomic mass is 9.84. The van der Waals surface area contributed by atoms with Crippen LogP contribution < -0.4 is 4.74 Å². The molecule has 1 N–H and O–H groups in total. The zero-order valence-electron chi connectivity index (χ0n) is 52.6. The van der Waals surface area contributed by atoms with E-state index >= 15 is 0 Å². The molecule has 0 heterocycles. The van der Waals surface area contributed by atoms with Crippen molar-refractivity contribution in [1.29, 1.82) is 0 Å². The number of nitrogens with zero attached hydrogens (tertiary/aromatic N) is 3. The van der Waals surface area contributed by atoms with Crippen molar-refractivity contribution in [3.05, 3.63) is 106 Å². The van der Waals surface area contributed by atoms with E-state index in [-0.39, 0.29) is 35.0 Å². The summed E-state index contributed by atoms with van der Waals surface area (Å²) in [5.41, 5.74) is 8.91. The molecule has 0 radical (unpaired) electrons. The van der Waals surface area contributed by atoms with Gasteiger partial charge in [0.1, 0.15) is 17.3 Å². The molecule has 1 aliphatic carbocycles. The second kappa shape index (κ2) is 58.4. The summed E-state index contributed by atoms with van der Waals surface area (Å²) in [5.74, 6) is 3.03. The summed E-state index contributed by atoms with van der Waals surface area (Å²) in [6.45, 7) is 36.5. The fourth-order valence-electron chi connectivity index (χ4n) is 3.85. The van der Waals surface area contributed by atoms with Gasteiger partial charge in [-0.2, -0.15) is 0 Å². The highest BCUT2D eigenvalue weighted by Gasteiger charge is 2.13. The van der Waals surface area contributed by atoms with Gasteiger partial charge < -0.3 is 33.9 Å². The van der Waals surface area contributed by atoms with Crippen LogP contribution in [0, 0.1) is 32.6 Å². The van der Waals surface area contributed by atoms with Crippen molar-refractivity contribution < 1.29 is 43.3 Å². The SMILES string of the molecule is CC(=O)N(C)C.CC(=O)c1ccc(C(C)=O)cc1.CC(C)=C(C)C.CC(C)=O.CC1CCC(C)CC1.CCC.CN(C)C.CN=C(C)C.COC.COC(C)=O.COc1cc(C)cc(O)c1.Cc1ccc(C)cc1. The first-order valence-corrected chi connectivity index (χ1v) is 25.2. The number of ketones is 3. The second-order valence-corrected chi connectivity index (χ2v) is 19.1. The van der Waals surface area contributed by atoms with E-state index in [1.54, 1.807) is 78.9 Å².